The molecule has 0 radical (unpaired) electrons. The Labute approximate surface area is 431 Å². The van der Waals surface area contributed by atoms with Crippen LogP contribution in [0.4, 0.5) is 0 Å². The highest BCUT2D eigenvalue weighted by atomic mass is 16.6. The van der Waals surface area contributed by atoms with E-state index in [-0.39, 0.29) is 31.1 Å². The number of esters is 3. The molecule has 0 spiro atoms. The third-order valence-electron chi connectivity index (χ3n) is 14.6. The van der Waals surface area contributed by atoms with Crippen molar-refractivity contribution in [3.8, 4) is 0 Å². The molecule has 0 N–H and O–H groups in total. The van der Waals surface area contributed by atoms with Gasteiger partial charge in [0.15, 0.2) is 6.10 Å². The van der Waals surface area contributed by atoms with Crippen molar-refractivity contribution in [2.24, 2.45) is 0 Å². The van der Waals surface area contributed by atoms with Crippen LogP contribution >= 0.6 is 0 Å². The Hall–Kier alpha value is -1.59. The maximum Gasteiger partial charge on any atom is 0.306 e. The molecule has 0 rings (SSSR count). The molecule has 1 atom stereocenters. The van der Waals surface area contributed by atoms with Crippen LogP contribution in [0.5, 0.6) is 0 Å². The van der Waals surface area contributed by atoms with E-state index in [0.717, 1.165) is 57.8 Å². The molecular formula is C63H122O6. The lowest BCUT2D eigenvalue weighted by atomic mass is 10.0. The predicted octanol–water partition coefficient (Wildman–Crippen LogP) is 21.1. The van der Waals surface area contributed by atoms with Gasteiger partial charge in [0.25, 0.3) is 0 Å². The molecule has 0 aromatic rings. The summed E-state index contributed by atoms with van der Waals surface area (Å²) >= 11 is 0. The smallest absolute Gasteiger partial charge is 0.306 e. The number of ether oxygens (including phenoxy) is 3. The molecule has 0 fully saturated rings. The molecule has 0 heterocycles. The van der Waals surface area contributed by atoms with Crippen molar-refractivity contribution < 1.29 is 28.6 Å². The highest BCUT2D eigenvalue weighted by molar-refractivity contribution is 5.71. The molecule has 0 aromatic heterocycles. The van der Waals surface area contributed by atoms with Crippen molar-refractivity contribution in [1.82, 2.24) is 0 Å². The van der Waals surface area contributed by atoms with Crippen LogP contribution in [0.25, 0.3) is 0 Å². The topological polar surface area (TPSA) is 78.9 Å². The zero-order valence-corrected chi connectivity index (χ0v) is 47.1. The number of carbonyl (C=O) groups is 3. The molecule has 6 heteroatoms. The quantitative estimate of drug-likeness (QED) is 0.0343. The summed E-state index contributed by atoms with van der Waals surface area (Å²) in [5.74, 6) is -0.849. The molecule has 0 saturated carbocycles. The standard InChI is InChI=1S/C63H122O6/c1-4-7-10-13-16-18-20-21-22-23-24-25-26-27-28-29-30-31-32-33-34-35-36-37-38-39-40-41-42-43-45-47-50-53-56-62(65)68-59-60(58-67-61(64)55-52-49-46-15-12-9-6-3)69-63(66)57-54-51-48-44-19-17-14-11-8-5-2/h60H,4-59H2,1-3H3. The second-order valence-electron chi connectivity index (χ2n) is 21.7. The maximum absolute atomic E-state index is 12.7. The lowest BCUT2D eigenvalue weighted by molar-refractivity contribution is -0.167. The van der Waals surface area contributed by atoms with E-state index in [4.69, 9.17) is 14.2 Å². The Bertz CT molecular complexity index is 1030. The molecule has 0 aliphatic carbocycles. The van der Waals surface area contributed by atoms with Gasteiger partial charge in [0.2, 0.25) is 0 Å². The van der Waals surface area contributed by atoms with Gasteiger partial charge in [-0.05, 0) is 19.3 Å². The molecule has 69 heavy (non-hydrogen) atoms. The molecule has 6 nitrogen and oxygen atoms in total. The van der Waals surface area contributed by atoms with Crippen molar-refractivity contribution in [3.63, 3.8) is 0 Å². The van der Waals surface area contributed by atoms with Gasteiger partial charge in [0.05, 0.1) is 0 Å². The summed E-state index contributed by atoms with van der Waals surface area (Å²) in [5, 5.41) is 0. The number of carbonyl (C=O) groups excluding carboxylic acids is 3. The van der Waals surface area contributed by atoms with Gasteiger partial charge in [-0.15, -0.1) is 0 Å². The van der Waals surface area contributed by atoms with E-state index in [9.17, 15) is 14.4 Å². The van der Waals surface area contributed by atoms with Crippen LogP contribution in [-0.2, 0) is 28.6 Å². The molecular weight excluding hydrogens is 853 g/mol. The average Bonchev–Trinajstić information content (AvgIpc) is 3.35. The molecule has 0 bridgehead atoms. The summed E-state index contributed by atoms with van der Waals surface area (Å²) < 4.78 is 16.8. The lowest BCUT2D eigenvalue weighted by Crippen LogP contribution is -2.30. The molecule has 0 amide bonds. The summed E-state index contributed by atoms with van der Waals surface area (Å²) in [4.78, 5) is 37.8. The van der Waals surface area contributed by atoms with E-state index in [1.165, 1.54) is 270 Å². The maximum atomic E-state index is 12.7. The Morgan fingerprint density at radius 1 is 0.232 bits per heavy atom. The minimum atomic E-state index is -0.759. The van der Waals surface area contributed by atoms with Gasteiger partial charge in [-0.3, -0.25) is 14.4 Å². The van der Waals surface area contributed by atoms with Crippen molar-refractivity contribution in [2.75, 3.05) is 13.2 Å². The van der Waals surface area contributed by atoms with E-state index in [1.54, 1.807) is 0 Å². The zero-order valence-electron chi connectivity index (χ0n) is 47.1. The van der Waals surface area contributed by atoms with E-state index >= 15 is 0 Å². The second kappa shape index (κ2) is 59.0. The SMILES string of the molecule is CCCCCCCCCCCCCCCCCCCCCCCCCCCCCCCCCCCCC(=O)OCC(COC(=O)CCCCCCCCC)OC(=O)CCCCCCCCCCCC. The van der Waals surface area contributed by atoms with Crippen molar-refractivity contribution >= 4 is 17.9 Å². The van der Waals surface area contributed by atoms with Gasteiger partial charge in [-0.25, -0.2) is 0 Å². The summed E-state index contributed by atoms with van der Waals surface area (Å²) in [6.07, 6.45) is 67.5. The van der Waals surface area contributed by atoms with Crippen LogP contribution in [-0.4, -0.2) is 37.2 Å². The van der Waals surface area contributed by atoms with Gasteiger partial charge in [-0.2, -0.15) is 0 Å². The van der Waals surface area contributed by atoms with Crippen molar-refractivity contribution in [1.29, 1.82) is 0 Å². The van der Waals surface area contributed by atoms with E-state index in [2.05, 4.69) is 20.8 Å². The third kappa shape index (κ3) is 57.2. The monoisotopic (exact) mass is 975 g/mol. The van der Waals surface area contributed by atoms with Crippen LogP contribution in [0.1, 0.15) is 367 Å². The van der Waals surface area contributed by atoms with Gasteiger partial charge in [-0.1, -0.05) is 329 Å². The fraction of sp³-hybridized carbons (Fsp3) is 0.952. The number of rotatable bonds is 59. The van der Waals surface area contributed by atoms with Gasteiger partial charge in [0.1, 0.15) is 13.2 Å². The molecule has 410 valence electrons. The van der Waals surface area contributed by atoms with Crippen LogP contribution in [0, 0.1) is 0 Å². The third-order valence-corrected chi connectivity index (χ3v) is 14.6. The Kier molecular flexibility index (Phi) is 57.6. The van der Waals surface area contributed by atoms with E-state index in [0.29, 0.717) is 19.3 Å². The van der Waals surface area contributed by atoms with E-state index in [1.807, 2.05) is 0 Å². The Morgan fingerprint density at radius 3 is 0.580 bits per heavy atom. The molecule has 0 aromatic carbocycles. The molecule has 0 aliphatic rings. The lowest BCUT2D eigenvalue weighted by Gasteiger charge is -2.18. The predicted molar refractivity (Wildman–Crippen MR) is 298 cm³/mol. The number of hydrogen-bond acceptors (Lipinski definition) is 6. The number of unbranched alkanes of at least 4 members (excludes halogenated alkanes) is 48. The molecule has 1 unspecified atom stereocenters. The minimum absolute atomic E-state index is 0.0625. The molecule has 0 aliphatic heterocycles. The van der Waals surface area contributed by atoms with E-state index < -0.39 is 6.10 Å². The summed E-state index contributed by atoms with van der Waals surface area (Å²) in [6.45, 7) is 6.64. The first kappa shape index (κ1) is 67.4. The number of hydrogen-bond donors (Lipinski definition) is 0. The van der Waals surface area contributed by atoms with Crippen molar-refractivity contribution in [3.05, 3.63) is 0 Å². The molecule has 0 saturated heterocycles. The Morgan fingerprint density at radius 2 is 0.391 bits per heavy atom. The Balaban J connectivity index is 3.80. The largest absolute Gasteiger partial charge is 0.462 e. The highest BCUT2D eigenvalue weighted by Crippen LogP contribution is 2.19. The fourth-order valence-electron chi connectivity index (χ4n) is 9.86. The van der Waals surface area contributed by atoms with Gasteiger partial charge < -0.3 is 14.2 Å². The van der Waals surface area contributed by atoms with Crippen LogP contribution in [0.2, 0.25) is 0 Å². The van der Waals surface area contributed by atoms with Crippen LogP contribution < -0.4 is 0 Å². The fourth-order valence-corrected chi connectivity index (χ4v) is 9.86. The first-order chi connectivity index (χ1) is 34.0. The minimum Gasteiger partial charge on any atom is -0.462 e. The van der Waals surface area contributed by atoms with Gasteiger partial charge in [0, 0.05) is 19.3 Å². The first-order valence-corrected chi connectivity index (χ1v) is 31.5. The second-order valence-corrected chi connectivity index (χ2v) is 21.7. The normalized spacial score (nSPS) is 11.9. The first-order valence-electron chi connectivity index (χ1n) is 31.5. The van der Waals surface area contributed by atoms with Gasteiger partial charge >= 0.3 is 17.9 Å². The average molecular weight is 976 g/mol. The zero-order chi connectivity index (χ0) is 50.0. The highest BCUT2D eigenvalue weighted by Gasteiger charge is 2.19. The summed E-state index contributed by atoms with van der Waals surface area (Å²) in [5.41, 5.74) is 0. The van der Waals surface area contributed by atoms with Crippen LogP contribution in [0.3, 0.4) is 0 Å². The van der Waals surface area contributed by atoms with Crippen LogP contribution in [0.15, 0.2) is 0 Å². The van der Waals surface area contributed by atoms with Crippen molar-refractivity contribution in [2.45, 2.75) is 374 Å². The summed E-state index contributed by atoms with van der Waals surface area (Å²) in [7, 11) is 0. The summed E-state index contributed by atoms with van der Waals surface area (Å²) in [6, 6.07) is 0.